The third kappa shape index (κ3) is 6.23. The normalized spacial score (nSPS) is 10.6. The quantitative estimate of drug-likeness (QED) is 0.371. The predicted octanol–water partition coefficient (Wildman–Crippen LogP) is 2.71. The summed E-state index contributed by atoms with van der Waals surface area (Å²) in [5, 5.41) is 11.6. The van der Waals surface area contributed by atoms with E-state index in [4.69, 9.17) is 14.2 Å². The fraction of sp³-hybridized carbons (Fsp3) is 0.286. The van der Waals surface area contributed by atoms with Gasteiger partial charge in [0.05, 0.1) is 19.5 Å². The molecule has 1 N–H and O–H groups in total. The van der Waals surface area contributed by atoms with E-state index >= 15 is 0 Å². The van der Waals surface area contributed by atoms with Crippen LogP contribution in [0.2, 0.25) is 0 Å². The lowest BCUT2D eigenvalue weighted by molar-refractivity contribution is -0.118. The Morgan fingerprint density at radius 1 is 1.03 bits per heavy atom. The molecular weight excluding hydrogens is 404 g/mol. The minimum Gasteiger partial charge on any atom is -0.497 e. The van der Waals surface area contributed by atoms with Crippen molar-refractivity contribution in [3.05, 3.63) is 60.4 Å². The summed E-state index contributed by atoms with van der Waals surface area (Å²) in [6.45, 7) is 1.50. The zero-order valence-corrected chi connectivity index (χ0v) is 17.7. The van der Waals surface area contributed by atoms with Gasteiger partial charge in [-0.05, 0) is 42.0 Å². The standard InChI is InChI=1S/C21H24N4O4S/c1-27-11-12-29-19-7-3-16(4-8-19)13-22-20(26)14-30-21-24-23-15-25(21)17-5-9-18(28-2)10-6-17/h3-10,15H,11-14H2,1-2H3,(H,22,26). The number of amides is 1. The van der Waals surface area contributed by atoms with Crippen molar-refractivity contribution in [3.63, 3.8) is 0 Å². The second kappa shape index (κ2) is 11.2. The Balaban J connectivity index is 1.47. The number of methoxy groups -OCH3 is 2. The molecule has 30 heavy (non-hydrogen) atoms. The van der Waals surface area contributed by atoms with E-state index < -0.39 is 0 Å². The molecule has 2 aromatic carbocycles. The molecule has 0 radical (unpaired) electrons. The van der Waals surface area contributed by atoms with E-state index in [1.54, 1.807) is 20.5 Å². The van der Waals surface area contributed by atoms with E-state index in [1.165, 1.54) is 11.8 Å². The zero-order chi connectivity index (χ0) is 21.2. The second-order valence-corrected chi connectivity index (χ2v) is 7.17. The molecular formula is C21H24N4O4S. The molecule has 0 fully saturated rings. The number of hydrogen-bond donors (Lipinski definition) is 1. The highest BCUT2D eigenvalue weighted by molar-refractivity contribution is 7.99. The van der Waals surface area contributed by atoms with Gasteiger partial charge in [0.25, 0.3) is 0 Å². The van der Waals surface area contributed by atoms with Gasteiger partial charge < -0.3 is 19.5 Å². The molecule has 0 aliphatic rings. The molecule has 1 heterocycles. The molecule has 1 amide bonds. The number of carbonyl (C=O) groups excluding carboxylic acids is 1. The summed E-state index contributed by atoms with van der Waals surface area (Å²) in [5.41, 5.74) is 1.89. The van der Waals surface area contributed by atoms with Crippen LogP contribution in [0.5, 0.6) is 11.5 Å². The first-order valence-corrected chi connectivity index (χ1v) is 10.3. The van der Waals surface area contributed by atoms with Crippen LogP contribution in [-0.4, -0.2) is 53.9 Å². The summed E-state index contributed by atoms with van der Waals surface area (Å²) < 4.78 is 17.5. The van der Waals surface area contributed by atoms with Crippen LogP contribution in [0.25, 0.3) is 5.69 Å². The summed E-state index contributed by atoms with van der Waals surface area (Å²) in [5.74, 6) is 1.71. The van der Waals surface area contributed by atoms with Crippen molar-refractivity contribution in [2.75, 3.05) is 33.2 Å². The maximum atomic E-state index is 12.2. The van der Waals surface area contributed by atoms with Crippen LogP contribution in [0.4, 0.5) is 0 Å². The van der Waals surface area contributed by atoms with Gasteiger partial charge in [-0.15, -0.1) is 10.2 Å². The number of aromatic nitrogens is 3. The molecule has 0 saturated carbocycles. The summed E-state index contributed by atoms with van der Waals surface area (Å²) in [6, 6.07) is 15.2. The molecule has 3 aromatic rings. The van der Waals surface area contributed by atoms with E-state index in [1.807, 2.05) is 53.1 Å². The fourth-order valence-electron chi connectivity index (χ4n) is 2.57. The van der Waals surface area contributed by atoms with Crippen LogP contribution in [0.15, 0.2) is 60.0 Å². The van der Waals surface area contributed by atoms with Crippen molar-refractivity contribution in [3.8, 4) is 17.2 Å². The second-order valence-electron chi connectivity index (χ2n) is 6.23. The van der Waals surface area contributed by atoms with Crippen LogP contribution in [0, 0.1) is 0 Å². The lowest BCUT2D eigenvalue weighted by Gasteiger charge is -2.09. The molecule has 158 valence electrons. The van der Waals surface area contributed by atoms with E-state index in [9.17, 15) is 4.79 Å². The Morgan fingerprint density at radius 2 is 1.77 bits per heavy atom. The van der Waals surface area contributed by atoms with Gasteiger partial charge in [-0.2, -0.15) is 0 Å². The number of thioether (sulfide) groups is 1. The molecule has 0 saturated heterocycles. The molecule has 0 unspecified atom stereocenters. The van der Waals surface area contributed by atoms with E-state index in [2.05, 4.69) is 15.5 Å². The number of hydrogen-bond acceptors (Lipinski definition) is 7. The van der Waals surface area contributed by atoms with Gasteiger partial charge in [0.1, 0.15) is 24.4 Å². The molecule has 8 nitrogen and oxygen atoms in total. The van der Waals surface area contributed by atoms with Crippen molar-refractivity contribution < 1.29 is 19.0 Å². The number of carbonyl (C=O) groups is 1. The van der Waals surface area contributed by atoms with Crippen molar-refractivity contribution in [2.24, 2.45) is 0 Å². The highest BCUT2D eigenvalue weighted by Crippen LogP contribution is 2.21. The number of nitrogens with one attached hydrogen (secondary N) is 1. The van der Waals surface area contributed by atoms with E-state index in [0.717, 1.165) is 22.7 Å². The van der Waals surface area contributed by atoms with Crippen molar-refractivity contribution in [1.82, 2.24) is 20.1 Å². The van der Waals surface area contributed by atoms with Gasteiger partial charge >= 0.3 is 0 Å². The highest BCUT2D eigenvalue weighted by atomic mass is 32.2. The Bertz CT molecular complexity index is 929. The molecule has 0 aliphatic carbocycles. The van der Waals surface area contributed by atoms with Crippen LogP contribution in [0.1, 0.15) is 5.56 Å². The first-order chi connectivity index (χ1) is 14.7. The molecule has 0 spiro atoms. The minimum atomic E-state index is -0.0790. The Morgan fingerprint density at radius 3 is 2.47 bits per heavy atom. The molecule has 0 atom stereocenters. The first kappa shape index (κ1) is 21.7. The van der Waals surface area contributed by atoms with Crippen molar-refractivity contribution in [2.45, 2.75) is 11.7 Å². The Labute approximate surface area is 179 Å². The maximum Gasteiger partial charge on any atom is 0.230 e. The SMILES string of the molecule is COCCOc1ccc(CNC(=O)CSc2nncn2-c2ccc(OC)cc2)cc1. The van der Waals surface area contributed by atoms with Crippen LogP contribution in [-0.2, 0) is 16.1 Å². The lowest BCUT2D eigenvalue weighted by atomic mass is 10.2. The minimum absolute atomic E-state index is 0.0790. The Kier molecular flexibility index (Phi) is 8.10. The number of nitrogens with zero attached hydrogens (tertiary/aromatic N) is 3. The molecule has 3 rings (SSSR count). The molecule has 9 heteroatoms. The van der Waals surface area contributed by atoms with Crippen LogP contribution in [0.3, 0.4) is 0 Å². The average Bonchev–Trinajstić information content (AvgIpc) is 3.26. The van der Waals surface area contributed by atoms with Crippen LogP contribution >= 0.6 is 11.8 Å². The monoisotopic (exact) mass is 428 g/mol. The summed E-state index contributed by atoms with van der Waals surface area (Å²) >= 11 is 1.33. The summed E-state index contributed by atoms with van der Waals surface area (Å²) in [7, 11) is 3.26. The van der Waals surface area contributed by atoms with Crippen molar-refractivity contribution in [1.29, 1.82) is 0 Å². The third-order valence-corrected chi connectivity index (χ3v) is 5.11. The van der Waals surface area contributed by atoms with Crippen molar-refractivity contribution >= 4 is 17.7 Å². The average molecular weight is 429 g/mol. The smallest absolute Gasteiger partial charge is 0.230 e. The highest BCUT2D eigenvalue weighted by Gasteiger charge is 2.10. The summed E-state index contributed by atoms with van der Waals surface area (Å²) in [6.07, 6.45) is 1.62. The number of benzene rings is 2. The number of rotatable bonds is 11. The van der Waals surface area contributed by atoms with E-state index in [0.29, 0.717) is 24.9 Å². The lowest BCUT2D eigenvalue weighted by Crippen LogP contribution is -2.24. The predicted molar refractivity (Wildman–Crippen MR) is 114 cm³/mol. The molecule has 0 aliphatic heterocycles. The van der Waals surface area contributed by atoms with E-state index in [-0.39, 0.29) is 11.7 Å². The van der Waals surface area contributed by atoms with Crippen LogP contribution < -0.4 is 14.8 Å². The van der Waals surface area contributed by atoms with Gasteiger partial charge in [-0.1, -0.05) is 23.9 Å². The molecule has 0 bridgehead atoms. The molecule has 1 aromatic heterocycles. The van der Waals surface area contributed by atoms with Gasteiger partial charge in [-0.3, -0.25) is 9.36 Å². The van der Waals surface area contributed by atoms with Gasteiger partial charge in [0.15, 0.2) is 5.16 Å². The Hall–Kier alpha value is -3.04. The van der Waals surface area contributed by atoms with Gasteiger partial charge in [-0.25, -0.2) is 0 Å². The first-order valence-electron chi connectivity index (χ1n) is 9.34. The zero-order valence-electron chi connectivity index (χ0n) is 16.9. The van der Waals surface area contributed by atoms with Gasteiger partial charge in [0, 0.05) is 19.3 Å². The van der Waals surface area contributed by atoms with Gasteiger partial charge in [0.2, 0.25) is 5.91 Å². The fourth-order valence-corrected chi connectivity index (χ4v) is 3.33. The third-order valence-electron chi connectivity index (χ3n) is 4.17. The number of ether oxygens (including phenoxy) is 3. The maximum absolute atomic E-state index is 12.2. The topological polar surface area (TPSA) is 87.5 Å². The summed E-state index contributed by atoms with van der Waals surface area (Å²) in [4.78, 5) is 12.2. The largest absolute Gasteiger partial charge is 0.497 e.